The highest BCUT2D eigenvalue weighted by Crippen LogP contribution is 2.39. The van der Waals surface area contributed by atoms with Gasteiger partial charge in [0, 0.05) is 38.9 Å². The van der Waals surface area contributed by atoms with Crippen LogP contribution in [0.3, 0.4) is 0 Å². The molecule has 3 rings (SSSR count). The van der Waals surface area contributed by atoms with Gasteiger partial charge in [-0.2, -0.15) is 13.2 Å². The molecule has 2 amide bonds. The second kappa shape index (κ2) is 10.3. The van der Waals surface area contributed by atoms with Crippen LogP contribution in [0.1, 0.15) is 54.5 Å². The minimum absolute atomic E-state index is 0.0453. The lowest BCUT2D eigenvalue weighted by Crippen LogP contribution is -2.43. The van der Waals surface area contributed by atoms with Crippen LogP contribution < -0.4 is 10.2 Å². The summed E-state index contributed by atoms with van der Waals surface area (Å²) < 4.78 is 44.0. The van der Waals surface area contributed by atoms with Gasteiger partial charge in [-0.1, -0.05) is 18.5 Å². The Hall–Kier alpha value is -3.38. The van der Waals surface area contributed by atoms with Crippen LogP contribution in [-0.2, 0) is 12.7 Å². The lowest BCUT2D eigenvalue weighted by molar-refractivity contribution is -0.141. The summed E-state index contributed by atoms with van der Waals surface area (Å²) >= 11 is 0. The van der Waals surface area contributed by atoms with E-state index in [0.29, 0.717) is 32.4 Å². The number of hydrogen-bond acceptors (Lipinski definition) is 7. The minimum atomic E-state index is -4.54. The number of nitrogens with zero attached hydrogens (tertiary/aromatic N) is 5. The maximum Gasteiger partial charge on any atom is 0.433 e. The largest absolute Gasteiger partial charge is 0.465 e. The molecule has 1 aliphatic rings. The first-order chi connectivity index (χ1) is 16.1. The number of halogens is 3. The van der Waals surface area contributed by atoms with Crippen molar-refractivity contribution < 1.29 is 32.4 Å². The lowest BCUT2D eigenvalue weighted by Gasteiger charge is -2.42. The summed E-state index contributed by atoms with van der Waals surface area (Å²) in [5.74, 6) is -0.134. The molecule has 34 heavy (non-hydrogen) atoms. The number of carboxylic acid groups (broad SMARTS) is 1. The summed E-state index contributed by atoms with van der Waals surface area (Å²) in [6.45, 7) is 3.15. The number of piperidine rings is 1. The molecular formula is C21H27F3N6O4. The molecule has 13 heteroatoms. The van der Waals surface area contributed by atoms with Crippen molar-refractivity contribution in [3.8, 4) is 0 Å². The molecule has 1 saturated heterocycles. The molecule has 0 saturated carbocycles. The highest BCUT2D eigenvalue weighted by Gasteiger charge is 2.36. The number of anilines is 1. The van der Waals surface area contributed by atoms with Gasteiger partial charge >= 0.3 is 12.3 Å². The number of amides is 2. The summed E-state index contributed by atoms with van der Waals surface area (Å²) in [5.41, 5.74) is -1.08. The van der Waals surface area contributed by atoms with Crippen LogP contribution >= 0.6 is 0 Å². The van der Waals surface area contributed by atoms with Crippen LogP contribution in [0.5, 0.6) is 0 Å². The summed E-state index contributed by atoms with van der Waals surface area (Å²) in [6.07, 6.45) is -1.86. The molecule has 0 aliphatic carbocycles. The van der Waals surface area contributed by atoms with Crippen LogP contribution in [0.2, 0.25) is 0 Å². The lowest BCUT2D eigenvalue weighted by atomic mass is 9.73. The van der Waals surface area contributed by atoms with Gasteiger partial charge in [-0.15, -0.1) is 0 Å². The molecule has 0 unspecified atom stereocenters. The Balaban J connectivity index is 1.61. The summed E-state index contributed by atoms with van der Waals surface area (Å²) in [5, 5.41) is 15.7. The van der Waals surface area contributed by atoms with Gasteiger partial charge in [0.1, 0.15) is 5.69 Å². The summed E-state index contributed by atoms with van der Waals surface area (Å²) in [6, 6.07) is 2.24. The van der Waals surface area contributed by atoms with E-state index in [9.17, 15) is 27.9 Å². The van der Waals surface area contributed by atoms with Gasteiger partial charge in [-0.25, -0.2) is 14.8 Å². The third-order valence-corrected chi connectivity index (χ3v) is 6.34. The van der Waals surface area contributed by atoms with Crippen molar-refractivity contribution in [2.24, 2.45) is 5.41 Å². The molecule has 186 valence electrons. The molecule has 1 aliphatic heterocycles. The standard InChI is InChI=1S/C21H27F3N6O4/c1-3-20(5-9-29(10-6-20)18-26-8-4-16(27-18)21(22,23)24)7-11-30(19(32)33)13-14-12-15(28-34-14)17(31)25-2/h4,8,12H,3,5-7,9-11,13H2,1-2H3,(H,25,31)(H,32,33). The Bertz CT molecular complexity index is 1000. The van der Waals surface area contributed by atoms with Crippen molar-refractivity contribution in [2.75, 3.05) is 31.6 Å². The number of carbonyl (C=O) groups excluding carboxylic acids is 1. The molecule has 1 fully saturated rings. The van der Waals surface area contributed by atoms with E-state index >= 15 is 0 Å². The van der Waals surface area contributed by atoms with E-state index in [1.807, 2.05) is 6.92 Å². The molecule has 10 nitrogen and oxygen atoms in total. The molecule has 0 aromatic carbocycles. The molecule has 0 radical (unpaired) electrons. The van der Waals surface area contributed by atoms with Gasteiger partial charge < -0.3 is 24.7 Å². The number of carbonyl (C=O) groups is 2. The number of alkyl halides is 3. The minimum Gasteiger partial charge on any atom is -0.465 e. The van der Waals surface area contributed by atoms with Crippen LogP contribution in [0.15, 0.2) is 22.9 Å². The van der Waals surface area contributed by atoms with Gasteiger partial charge in [-0.05, 0) is 30.7 Å². The van der Waals surface area contributed by atoms with E-state index < -0.39 is 23.9 Å². The number of rotatable bonds is 8. The summed E-state index contributed by atoms with van der Waals surface area (Å²) in [7, 11) is 1.45. The Morgan fingerprint density at radius 1 is 1.32 bits per heavy atom. The van der Waals surface area contributed by atoms with E-state index in [0.717, 1.165) is 18.7 Å². The van der Waals surface area contributed by atoms with Crippen molar-refractivity contribution >= 4 is 17.9 Å². The van der Waals surface area contributed by atoms with E-state index in [4.69, 9.17) is 4.52 Å². The quantitative estimate of drug-likeness (QED) is 0.584. The fraction of sp³-hybridized carbons (Fsp3) is 0.571. The first kappa shape index (κ1) is 25.2. The predicted molar refractivity (Wildman–Crippen MR) is 114 cm³/mol. The van der Waals surface area contributed by atoms with Crippen LogP contribution in [-0.4, -0.2) is 63.8 Å². The van der Waals surface area contributed by atoms with Crippen LogP contribution in [0, 0.1) is 5.41 Å². The van der Waals surface area contributed by atoms with E-state index in [1.165, 1.54) is 18.0 Å². The van der Waals surface area contributed by atoms with Gasteiger partial charge in [0.2, 0.25) is 5.95 Å². The Labute approximate surface area is 194 Å². The van der Waals surface area contributed by atoms with Crippen LogP contribution in [0.4, 0.5) is 23.9 Å². The third kappa shape index (κ3) is 5.94. The van der Waals surface area contributed by atoms with Gasteiger partial charge in [-0.3, -0.25) is 4.79 Å². The molecule has 0 spiro atoms. The zero-order valence-electron chi connectivity index (χ0n) is 18.9. The van der Waals surface area contributed by atoms with Gasteiger partial charge in [0.15, 0.2) is 11.5 Å². The summed E-state index contributed by atoms with van der Waals surface area (Å²) in [4.78, 5) is 34.0. The first-order valence-electron chi connectivity index (χ1n) is 10.9. The molecule has 2 aromatic rings. The van der Waals surface area contributed by atoms with E-state index in [-0.39, 0.29) is 35.9 Å². The molecule has 2 N–H and O–H groups in total. The average Bonchev–Trinajstić information content (AvgIpc) is 3.29. The molecule has 3 heterocycles. The van der Waals surface area contributed by atoms with Crippen molar-refractivity contribution in [3.63, 3.8) is 0 Å². The molecular weight excluding hydrogens is 457 g/mol. The third-order valence-electron chi connectivity index (χ3n) is 6.34. The van der Waals surface area contributed by atoms with E-state index in [1.54, 1.807) is 4.90 Å². The second-order valence-electron chi connectivity index (χ2n) is 8.29. The zero-order valence-corrected chi connectivity index (χ0v) is 18.9. The maximum absolute atomic E-state index is 13.0. The van der Waals surface area contributed by atoms with Crippen molar-refractivity contribution in [3.05, 3.63) is 35.5 Å². The monoisotopic (exact) mass is 484 g/mol. The SMILES string of the molecule is CCC1(CCN(Cc2cc(C(=O)NC)no2)C(=O)O)CCN(c2nccc(C(F)(F)F)n2)CC1. The first-order valence-corrected chi connectivity index (χ1v) is 10.9. The molecule has 0 bridgehead atoms. The predicted octanol–water partition coefficient (Wildman–Crippen LogP) is 3.41. The van der Waals surface area contributed by atoms with Crippen molar-refractivity contribution in [1.82, 2.24) is 25.3 Å². The Kier molecular flexibility index (Phi) is 7.62. The van der Waals surface area contributed by atoms with Crippen molar-refractivity contribution in [2.45, 2.75) is 45.3 Å². The number of hydrogen-bond donors (Lipinski definition) is 2. The number of aromatic nitrogens is 3. The fourth-order valence-corrected chi connectivity index (χ4v) is 4.05. The Morgan fingerprint density at radius 2 is 2.03 bits per heavy atom. The Morgan fingerprint density at radius 3 is 2.62 bits per heavy atom. The molecule has 2 aromatic heterocycles. The number of nitrogens with one attached hydrogen (secondary N) is 1. The topological polar surface area (TPSA) is 125 Å². The molecule has 0 atom stereocenters. The van der Waals surface area contributed by atoms with E-state index in [2.05, 4.69) is 20.4 Å². The average molecular weight is 484 g/mol. The van der Waals surface area contributed by atoms with Gasteiger partial charge in [0.05, 0.1) is 6.54 Å². The zero-order chi connectivity index (χ0) is 24.9. The van der Waals surface area contributed by atoms with Gasteiger partial charge in [0.25, 0.3) is 5.91 Å². The maximum atomic E-state index is 13.0. The fourth-order valence-electron chi connectivity index (χ4n) is 4.05. The highest BCUT2D eigenvalue weighted by atomic mass is 19.4. The van der Waals surface area contributed by atoms with Crippen molar-refractivity contribution in [1.29, 1.82) is 0 Å². The van der Waals surface area contributed by atoms with Crippen LogP contribution in [0.25, 0.3) is 0 Å². The highest BCUT2D eigenvalue weighted by molar-refractivity contribution is 5.91. The smallest absolute Gasteiger partial charge is 0.433 e. The normalized spacial score (nSPS) is 15.7. The second-order valence-corrected chi connectivity index (χ2v) is 8.29.